The Hall–Kier alpha value is -1.75. The molecule has 0 radical (unpaired) electrons. The van der Waals surface area contributed by atoms with E-state index in [0.717, 1.165) is 11.3 Å². The molecular weight excluding hydrogens is 243 g/mol. The van der Waals surface area contributed by atoms with Crippen LogP contribution < -0.4 is 5.32 Å². The summed E-state index contributed by atoms with van der Waals surface area (Å²) in [5.41, 5.74) is 2.24. The van der Waals surface area contributed by atoms with Crippen LogP contribution in [0.5, 0.6) is 0 Å². The van der Waals surface area contributed by atoms with Gasteiger partial charge in [0, 0.05) is 12.1 Å². The van der Waals surface area contributed by atoms with Crippen molar-refractivity contribution in [3.05, 3.63) is 41.5 Å². The molecule has 1 heterocycles. The van der Waals surface area contributed by atoms with Gasteiger partial charge in [-0.15, -0.1) is 5.10 Å². The van der Waals surface area contributed by atoms with Gasteiger partial charge in [0.1, 0.15) is 11.5 Å². The molecule has 2 rings (SSSR count). The van der Waals surface area contributed by atoms with E-state index >= 15 is 0 Å². The zero-order valence-electron chi connectivity index (χ0n) is 11.7. The van der Waals surface area contributed by atoms with Crippen LogP contribution in [-0.4, -0.2) is 20.5 Å². The fraction of sp³-hybridized carbons (Fsp3) is 0.429. The number of benzene rings is 1. The van der Waals surface area contributed by atoms with Crippen molar-refractivity contribution in [3.63, 3.8) is 0 Å². The second-order valence-electron chi connectivity index (χ2n) is 5.70. The maximum atomic E-state index is 13.9. The molecule has 0 bridgehead atoms. The Kier molecular flexibility index (Phi) is 3.66. The number of aryl methyl sites for hydroxylation is 1. The third-order valence-corrected chi connectivity index (χ3v) is 2.75. The average Bonchev–Trinajstić information content (AvgIpc) is 2.77. The van der Waals surface area contributed by atoms with E-state index in [1.165, 1.54) is 6.07 Å². The third kappa shape index (κ3) is 3.38. The molecule has 0 atom stereocenters. The molecule has 0 unspecified atom stereocenters. The molecular formula is C14H19FN4. The van der Waals surface area contributed by atoms with E-state index in [1.54, 1.807) is 23.0 Å². The lowest BCUT2D eigenvalue weighted by Crippen LogP contribution is -2.35. The first-order valence-electron chi connectivity index (χ1n) is 6.28. The van der Waals surface area contributed by atoms with Crippen LogP contribution in [0.2, 0.25) is 0 Å². The Morgan fingerprint density at radius 2 is 2.05 bits per heavy atom. The van der Waals surface area contributed by atoms with Gasteiger partial charge in [-0.3, -0.25) is 0 Å². The highest BCUT2D eigenvalue weighted by atomic mass is 19.1. The van der Waals surface area contributed by atoms with E-state index in [2.05, 4.69) is 36.4 Å². The number of halogens is 1. The first-order valence-corrected chi connectivity index (χ1v) is 6.28. The first-order chi connectivity index (χ1) is 8.87. The Labute approximate surface area is 112 Å². The average molecular weight is 262 g/mol. The topological polar surface area (TPSA) is 42.7 Å². The van der Waals surface area contributed by atoms with Crippen molar-refractivity contribution in [2.75, 3.05) is 0 Å². The van der Waals surface area contributed by atoms with E-state index in [0.29, 0.717) is 12.2 Å². The highest BCUT2D eigenvalue weighted by Gasteiger charge is 2.14. The maximum absolute atomic E-state index is 13.9. The number of aromatic nitrogens is 3. The number of nitrogens with zero attached hydrogens (tertiary/aromatic N) is 3. The van der Waals surface area contributed by atoms with Gasteiger partial charge in [0.15, 0.2) is 0 Å². The highest BCUT2D eigenvalue weighted by molar-refractivity contribution is 5.37. The molecule has 0 amide bonds. The summed E-state index contributed by atoms with van der Waals surface area (Å²) < 4.78 is 15.4. The Morgan fingerprint density at radius 3 is 2.74 bits per heavy atom. The van der Waals surface area contributed by atoms with Gasteiger partial charge in [-0.1, -0.05) is 11.3 Å². The molecule has 0 saturated heterocycles. The standard InChI is InChI=1S/C14H19FN4/c1-10-5-6-12(15)13(7-10)19-11(9-17-18-19)8-16-14(2,3)4/h5-7,9,16H,8H2,1-4H3. The van der Waals surface area contributed by atoms with Gasteiger partial charge in [-0.25, -0.2) is 9.07 Å². The zero-order valence-corrected chi connectivity index (χ0v) is 11.7. The van der Waals surface area contributed by atoms with Crippen LogP contribution in [0.15, 0.2) is 24.4 Å². The molecule has 19 heavy (non-hydrogen) atoms. The van der Waals surface area contributed by atoms with Crippen LogP contribution in [0.25, 0.3) is 5.69 Å². The molecule has 1 aromatic heterocycles. The van der Waals surface area contributed by atoms with Crippen LogP contribution in [0.1, 0.15) is 32.0 Å². The third-order valence-electron chi connectivity index (χ3n) is 2.75. The van der Waals surface area contributed by atoms with E-state index in [-0.39, 0.29) is 11.4 Å². The van der Waals surface area contributed by atoms with Gasteiger partial charge < -0.3 is 5.32 Å². The molecule has 4 nitrogen and oxygen atoms in total. The van der Waals surface area contributed by atoms with Gasteiger partial charge in [-0.05, 0) is 45.4 Å². The summed E-state index contributed by atoms with van der Waals surface area (Å²) in [5, 5.41) is 11.2. The summed E-state index contributed by atoms with van der Waals surface area (Å²) in [6.07, 6.45) is 1.65. The minimum atomic E-state index is -0.298. The van der Waals surface area contributed by atoms with E-state index in [4.69, 9.17) is 0 Å². The van der Waals surface area contributed by atoms with Gasteiger partial charge in [0.05, 0.1) is 11.9 Å². The molecule has 0 aliphatic rings. The summed E-state index contributed by atoms with van der Waals surface area (Å²) in [6.45, 7) is 8.74. The molecule has 0 aliphatic carbocycles. The van der Waals surface area contributed by atoms with Crippen LogP contribution in [0.4, 0.5) is 4.39 Å². The molecule has 102 valence electrons. The predicted octanol–water partition coefficient (Wildman–Crippen LogP) is 2.60. The van der Waals surface area contributed by atoms with Crippen LogP contribution in [0, 0.1) is 12.7 Å². The van der Waals surface area contributed by atoms with Crippen molar-refractivity contribution < 1.29 is 4.39 Å². The second-order valence-corrected chi connectivity index (χ2v) is 5.70. The van der Waals surface area contributed by atoms with E-state index < -0.39 is 0 Å². The number of nitrogens with one attached hydrogen (secondary N) is 1. The van der Waals surface area contributed by atoms with Crippen LogP contribution in [-0.2, 0) is 6.54 Å². The summed E-state index contributed by atoms with van der Waals surface area (Å²) in [7, 11) is 0. The lowest BCUT2D eigenvalue weighted by atomic mass is 10.1. The normalized spacial score (nSPS) is 11.8. The van der Waals surface area contributed by atoms with Crippen molar-refractivity contribution in [3.8, 4) is 5.69 Å². The Bertz CT molecular complexity index is 569. The molecule has 0 spiro atoms. The van der Waals surface area contributed by atoms with Crippen molar-refractivity contribution in [1.29, 1.82) is 0 Å². The molecule has 0 saturated carbocycles. The van der Waals surface area contributed by atoms with Gasteiger partial charge in [0.25, 0.3) is 0 Å². The minimum Gasteiger partial charge on any atom is -0.306 e. The Morgan fingerprint density at radius 1 is 1.32 bits per heavy atom. The summed E-state index contributed by atoms with van der Waals surface area (Å²) >= 11 is 0. The van der Waals surface area contributed by atoms with Crippen molar-refractivity contribution in [2.24, 2.45) is 0 Å². The maximum Gasteiger partial charge on any atom is 0.148 e. The minimum absolute atomic E-state index is 0.0136. The molecule has 1 N–H and O–H groups in total. The van der Waals surface area contributed by atoms with Gasteiger partial charge >= 0.3 is 0 Å². The largest absolute Gasteiger partial charge is 0.306 e. The zero-order chi connectivity index (χ0) is 14.0. The van der Waals surface area contributed by atoms with Gasteiger partial charge in [0.2, 0.25) is 0 Å². The number of rotatable bonds is 3. The molecule has 0 aliphatic heterocycles. The number of hydrogen-bond donors (Lipinski definition) is 1. The Balaban J connectivity index is 2.31. The predicted molar refractivity (Wildman–Crippen MR) is 72.6 cm³/mol. The van der Waals surface area contributed by atoms with Crippen molar-refractivity contribution in [1.82, 2.24) is 20.3 Å². The monoisotopic (exact) mass is 262 g/mol. The molecule has 5 heteroatoms. The fourth-order valence-electron chi connectivity index (χ4n) is 1.72. The first kappa shape index (κ1) is 13.7. The fourth-order valence-corrected chi connectivity index (χ4v) is 1.72. The van der Waals surface area contributed by atoms with Crippen LogP contribution in [0.3, 0.4) is 0 Å². The van der Waals surface area contributed by atoms with E-state index in [1.807, 2.05) is 6.92 Å². The van der Waals surface area contributed by atoms with Crippen molar-refractivity contribution in [2.45, 2.75) is 39.8 Å². The smallest absolute Gasteiger partial charge is 0.148 e. The lowest BCUT2D eigenvalue weighted by Gasteiger charge is -2.20. The molecule has 2 aromatic rings. The summed E-state index contributed by atoms with van der Waals surface area (Å²) in [5.74, 6) is -0.298. The SMILES string of the molecule is Cc1ccc(F)c(-n2nncc2CNC(C)(C)C)c1. The molecule has 0 fully saturated rings. The summed E-state index contributed by atoms with van der Waals surface area (Å²) in [6, 6.07) is 4.96. The highest BCUT2D eigenvalue weighted by Crippen LogP contribution is 2.16. The van der Waals surface area contributed by atoms with E-state index in [9.17, 15) is 4.39 Å². The van der Waals surface area contributed by atoms with Crippen molar-refractivity contribution >= 4 is 0 Å². The number of hydrogen-bond acceptors (Lipinski definition) is 3. The molecule has 1 aromatic carbocycles. The second kappa shape index (κ2) is 5.09. The quantitative estimate of drug-likeness (QED) is 0.924. The lowest BCUT2D eigenvalue weighted by molar-refractivity contribution is 0.418. The van der Waals surface area contributed by atoms with Crippen LogP contribution >= 0.6 is 0 Å². The summed E-state index contributed by atoms with van der Waals surface area (Å²) in [4.78, 5) is 0. The van der Waals surface area contributed by atoms with Gasteiger partial charge in [-0.2, -0.15) is 0 Å².